The second kappa shape index (κ2) is 7.67. The molecule has 26 heavy (non-hydrogen) atoms. The lowest BCUT2D eigenvalue weighted by Crippen LogP contribution is -2.24. The van der Waals surface area contributed by atoms with E-state index in [4.69, 9.17) is 9.15 Å². The van der Waals surface area contributed by atoms with Gasteiger partial charge in [0, 0.05) is 5.56 Å². The van der Waals surface area contributed by atoms with Crippen LogP contribution in [-0.2, 0) is 22.3 Å². The fraction of sp³-hybridized carbons (Fsp3) is 0.222. The molecule has 0 radical (unpaired) electrons. The van der Waals surface area contributed by atoms with Crippen LogP contribution in [0.1, 0.15) is 17.0 Å². The molecular weight excluding hydrogens is 354 g/mol. The smallest absolute Gasteiger partial charge is 0.247 e. The van der Waals surface area contributed by atoms with E-state index in [-0.39, 0.29) is 18.2 Å². The Morgan fingerprint density at radius 1 is 1.04 bits per heavy atom. The van der Waals surface area contributed by atoms with Gasteiger partial charge in [-0.15, -0.1) is 10.2 Å². The zero-order valence-corrected chi connectivity index (χ0v) is 15.3. The first-order valence-corrected chi connectivity index (χ1v) is 9.60. The highest BCUT2D eigenvalue weighted by Crippen LogP contribution is 2.21. The van der Waals surface area contributed by atoms with Crippen molar-refractivity contribution in [2.24, 2.45) is 0 Å². The van der Waals surface area contributed by atoms with Gasteiger partial charge in [-0.25, -0.2) is 13.1 Å². The molecule has 3 rings (SSSR count). The SMILES string of the molecule is COc1ccc(-c2nnc(CNS(=O)(=O)Cc3ccc(C)cc3)o2)cc1. The molecule has 0 spiro atoms. The summed E-state index contributed by atoms with van der Waals surface area (Å²) in [6.45, 7) is 1.89. The van der Waals surface area contributed by atoms with E-state index in [0.29, 0.717) is 11.5 Å². The highest BCUT2D eigenvalue weighted by atomic mass is 32.2. The molecule has 0 saturated carbocycles. The molecule has 1 N–H and O–H groups in total. The van der Waals surface area contributed by atoms with Gasteiger partial charge in [0.05, 0.1) is 19.4 Å². The fourth-order valence-corrected chi connectivity index (χ4v) is 3.38. The molecule has 1 aromatic heterocycles. The van der Waals surface area contributed by atoms with Crippen molar-refractivity contribution in [1.29, 1.82) is 0 Å². The zero-order valence-electron chi connectivity index (χ0n) is 14.5. The summed E-state index contributed by atoms with van der Waals surface area (Å²) in [7, 11) is -1.92. The maximum absolute atomic E-state index is 12.2. The first kappa shape index (κ1) is 18.1. The highest BCUT2D eigenvalue weighted by molar-refractivity contribution is 7.88. The average Bonchev–Trinajstić information content (AvgIpc) is 3.11. The molecule has 136 valence electrons. The molecule has 8 heteroatoms. The maximum atomic E-state index is 12.2. The van der Waals surface area contributed by atoms with Crippen LogP contribution in [0.3, 0.4) is 0 Å². The van der Waals surface area contributed by atoms with Crippen LogP contribution in [0.25, 0.3) is 11.5 Å². The summed E-state index contributed by atoms with van der Waals surface area (Å²) in [5.74, 6) is 1.13. The van der Waals surface area contributed by atoms with E-state index in [1.54, 1.807) is 43.5 Å². The van der Waals surface area contributed by atoms with Crippen LogP contribution >= 0.6 is 0 Å². The number of methoxy groups -OCH3 is 1. The van der Waals surface area contributed by atoms with Crippen LogP contribution < -0.4 is 9.46 Å². The molecule has 0 unspecified atom stereocenters. The highest BCUT2D eigenvalue weighted by Gasteiger charge is 2.14. The topological polar surface area (TPSA) is 94.3 Å². The van der Waals surface area contributed by atoms with E-state index in [0.717, 1.165) is 16.9 Å². The normalized spacial score (nSPS) is 11.5. The number of ether oxygens (including phenoxy) is 1. The Kier molecular flexibility index (Phi) is 5.34. The van der Waals surface area contributed by atoms with Crippen LogP contribution in [0.4, 0.5) is 0 Å². The third kappa shape index (κ3) is 4.68. The van der Waals surface area contributed by atoms with Crippen LogP contribution in [-0.4, -0.2) is 25.7 Å². The van der Waals surface area contributed by atoms with Gasteiger partial charge in [0.15, 0.2) is 0 Å². The minimum absolute atomic E-state index is 0.0582. The van der Waals surface area contributed by atoms with Crippen molar-refractivity contribution in [2.75, 3.05) is 7.11 Å². The number of rotatable bonds is 7. The van der Waals surface area contributed by atoms with Gasteiger partial charge in [-0.1, -0.05) is 29.8 Å². The van der Waals surface area contributed by atoms with Gasteiger partial charge in [0.2, 0.25) is 21.8 Å². The summed E-state index contributed by atoms with van der Waals surface area (Å²) in [6, 6.07) is 14.5. The van der Waals surface area contributed by atoms with Crippen molar-refractivity contribution in [3.8, 4) is 17.2 Å². The van der Waals surface area contributed by atoms with E-state index < -0.39 is 10.0 Å². The molecule has 0 amide bonds. The van der Waals surface area contributed by atoms with Gasteiger partial charge in [-0.2, -0.15) is 0 Å². The predicted octanol–water partition coefficient (Wildman–Crippen LogP) is 2.67. The number of aromatic nitrogens is 2. The third-order valence-electron chi connectivity index (χ3n) is 3.72. The van der Waals surface area contributed by atoms with E-state index in [1.165, 1.54) is 0 Å². The Morgan fingerprint density at radius 3 is 2.38 bits per heavy atom. The molecular formula is C18H19N3O4S. The summed E-state index contributed by atoms with van der Waals surface area (Å²) in [5, 5.41) is 7.83. The molecule has 0 aliphatic heterocycles. The van der Waals surface area contributed by atoms with Gasteiger partial charge in [0.1, 0.15) is 5.75 Å². The maximum Gasteiger partial charge on any atom is 0.247 e. The molecule has 3 aromatic rings. The molecule has 2 aromatic carbocycles. The third-order valence-corrected chi connectivity index (χ3v) is 5.02. The predicted molar refractivity (Wildman–Crippen MR) is 96.9 cm³/mol. The summed E-state index contributed by atoms with van der Waals surface area (Å²) in [6.07, 6.45) is 0. The first-order chi connectivity index (χ1) is 12.4. The lowest BCUT2D eigenvalue weighted by Gasteiger charge is -2.05. The van der Waals surface area contributed by atoms with E-state index in [1.807, 2.05) is 19.1 Å². The second-order valence-corrected chi connectivity index (χ2v) is 7.60. The van der Waals surface area contributed by atoms with E-state index in [9.17, 15) is 8.42 Å². The molecule has 7 nitrogen and oxygen atoms in total. The van der Waals surface area contributed by atoms with Gasteiger partial charge >= 0.3 is 0 Å². The van der Waals surface area contributed by atoms with Gasteiger partial charge in [-0.05, 0) is 36.8 Å². The van der Waals surface area contributed by atoms with Crippen molar-refractivity contribution >= 4 is 10.0 Å². The lowest BCUT2D eigenvalue weighted by atomic mass is 10.2. The Labute approximate surface area is 152 Å². The van der Waals surface area contributed by atoms with Gasteiger partial charge < -0.3 is 9.15 Å². The number of nitrogens with one attached hydrogen (secondary N) is 1. The summed E-state index contributed by atoms with van der Waals surface area (Å²) in [4.78, 5) is 0. The Balaban J connectivity index is 1.62. The quantitative estimate of drug-likeness (QED) is 0.684. The summed E-state index contributed by atoms with van der Waals surface area (Å²) >= 11 is 0. The first-order valence-electron chi connectivity index (χ1n) is 7.95. The Bertz CT molecular complexity index is 964. The standard InChI is InChI=1S/C18H19N3O4S/c1-13-3-5-14(6-4-13)12-26(22,23)19-11-17-20-21-18(25-17)15-7-9-16(24-2)10-8-15/h3-10,19H,11-12H2,1-2H3. The lowest BCUT2D eigenvalue weighted by molar-refractivity contribution is 0.415. The number of nitrogens with zero attached hydrogens (tertiary/aromatic N) is 2. The molecule has 0 aliphatic carbocycles. The Hall–Kier alpha value is -2.71. The van der Waals surface area contributed by atoms with Crippen LogP contribution in [0, 0.1) is 6.92 Å². The fourth-order valence-electron chi connectivity index (χ4n) is 2.30. The zero-order chi connectivity index (χ0) is 18.6. The number of benzene rings is 2. The number of hydrogen-bond donors (Lipinski definition) is 1. The molecule has 1 heterocycles. The Morgan fingerprint density at radius 2 is 1.73 bits per heavy atom. The summed E-state index contributed by atoms with van der Waals surface area (Å²) in [5.41, 5.74) is 2.52. The van der Waals surface area contributed by atoms with Crippen molar-refractivity contribution in [3.05, 3.63) is 65.5 Å². The van der Waals surface area contributed by atoms with Crippen LogP contribution in [0.15, 0.2) is 52.9 Å². The van der Waals surface area contributed by atoms with Crippen molar-refractivity contribution in [1.82, 2.24) is 14.9 Å². The van der Waals surface area contributed by atoms with Crippen LogP contribution in [0.5, 0.6) is 5.75 Å². The van der Waals surface area contributed by atoms with Crippen molar-refractivity contribution in [2.45, 2.75) is 19.2 Å². The van der Waals surface area contributed by atoms with Gasteiger partial charge in [0.25, 0.3) is 0 Å². The minimum atomic E-state index is -3.50. The van der Waals surface area contributed by atoms with Crippen molar-refractivity contribution < 1.29 is 17.6 Å². The van der Waals surface area contributed by atoms with E-state index in [2.05, 4.69) is 14.9 Å². The molecule has 0 aliphatic rings. The molecule has 0 atom stereocenters. The van der Waals surface area contributed by atoms with E-state index >= 15 is 0 Å². The summed E-state index contributed by atoms with van der Waals surface area (Å²) < 4.78 is 37.5. The van der Waals surface area contributed by atoms with Gasteiger partial charge in [-0.3, -0.25) is 0 Å². The minimum Gasteiger partial charge on any atom is -0.497 e. The molecule has 0 saturated heterocycles. The number of hydrogen-bond acceptors (Lipinski definition) is 6. The number of sulfonamides is 1. The van der Waals surface area contributed by atoms with Crippen molar-refractivity contribution in [3.63, 3.8) is 0 Å². The second-order valence-electron chi connectivity index (χ2n) is 5.80. The average molecular weight is 373 g/mol. The largest absolute Gasteiger partial charge is 0.497 e. The van der Waals surface area contributed by atoms with Crippen LogP contribution in [0.2, 0.25) is 0 Å². The monoisotopic (exact) mass is 373 g/mol. The number of aryl methyl sites for hydroxylation is 1. The molecule has 0 fully saturated rings. The molecule has 0 bridgehead atoms.